The van der Waals surface area contributed by atoms with Crippen molar-refractivity contribution in [2.75, 3.05) is 30.8 Å². The summed E-state index contributed by atoms with van der Waals surface area (Å²) < 4.78 is 30.6. The topological polar surface area (TPSA) is 75.7 Å². The van der Waals surface area contributed by atoms with Gasteiger partial charge in [0.2, 0.25) is 15.9 Å². The fraction of sp³-hybridized carbons (Fsp3) is 0.353. The highest BCUT2D eigenvalue weighted by Gasteiger charge is 2.23. The molecule has 0 spiro atoms. The van der Waals surface area contributed by atoms with Gasteiger partial charge in [0, 0.05) is 18.5 Å². The van der Waals surface area contributed by atoms with Gasteiger partial charge in [-0.15, -0.1) is 0 Å². The molecule has 130 valence electrons. The van der Waals surface area contributed by atoms with E-state index in [2.05, 4.69) is 5.32 Å². The number of fused-ring (bicyclic) bond motifs is 1. The lowest BCUT2D eigenvalue weighted by Crippen LogP contribution is -2.44. The summed E-state index contributed by atoms with van der Waals surface area (Å²) in [6.07, 6.45) is 1.10. The Balaban J connectivity index is 2.34. The van der Waals surface area contributed by atoms with Gasteiger partial charge in [-0.2, -0.15) is 0 Å². The zero-order valence-corrected chi connectivity index (χ0v) is 14.8. The molecule has 1 amide bonds. The predicted molar refractivity (Wildman–Crippen MR) is 95.6 cm³/mol. The molecule has 6 nitrogen and oxygen atoms in total. The van der Waals surface area contributed by atoms with Gasteiger partial charge in [-0.3, -0.25) is 9.10 Å². The highest BCUT2D eigenvalue weighted by Crippen LogP contribution is 2.28. The van der Waals surface area contributed by atoms with Crippen LogP contribution in [0.4, 0.5) is 5.69 Å². The average Bonchev–Trinajstić information content (AvgIpc) is 2.51. The number of anilines is 1. The number of amides is 1. The number of nitrogens with one attached hydrogen (secondary N) is 1. The Morgan fingerprint density at radius 2 is 1.88 bits per heavy atom. The Hall–Kier alpha value is -2.12. The summed E-state index contributed by atoms with van der Waals surface area (Å²) >= 11 is 0. The first kappa shape index (κ1) is 18.2. The number of benzene rings is 2. The van der Waals surface area contributed by atoms with Crippen LogP contribution in [0.5, 0.6) is 0 Å². The molecule has 1 atom stereocenters. The summed E-state index contributed by atoms with van der Waals surface area (Å²) in [6, 6.07) is 12.7. The molecule has 24 heavy (non-hydrogen) atoms. The Morgan fingerprint density at radius 1 is 1.21 bits per heavy atom. The molecule has 2 aromatic rings. The van der Waals surface area contributed by atoms with Crippen molar-refractivity contribution in [3.05, 3.63) is 42.5 Å². The van der Waals surface area contributed by atoms with E-state index in [4.69, 9.17) is 4.74 Å². The van der Waals surface area contributed by atoms with Gasteiger partial charge in [0.1, 0.15) is 6.54 Å². The van der Waals surface area contributed by atoms with Gasteiger partial charge in [-0.05, 0) is 18.4 Å². The first-order valence-electron chi connectivity index (χ1n) is 7.56. The largest absolute Gasteiger partial charge is 0.383 e. The molecular formula is C17H22N2O4S. The summed E-state index contributed by atoms with van der Waals surface area (Å²) in [7, 11) is -2.07. The quantitative estimate of drug-likeness (QED) is 0.825. The number of carbonyl (C=O) groups excluding carboxylic acids is 1. The van der Waals surface area contributed by atoms with Gasteiger partial charge < -0.3 is 10.1 Å². The molecule has 2 rings (SSSR count). The molecule has 0 aliphatic rings. The lowest BCUT2D eigenvalue weighted by Gasteiger charge is -2.24. The molecule has 0 aliphatic heterocycles. The van der Waals surface area contributed by atoms with Crippen molar-refractivity contribution in [3.63, 3.8) is 0 Å². The van der Waals surface area contributed by atoms with Gasteiger partial charge in [0.25, 0.3) is 0 Å². The molecule has 0 radical (unpaired) electrons. The minimum absolute atomic E-state index is 0.198. The van der Waals surface area contributed by atoms with Gasteiger partial charge in [0.15, 0.2) is 0 Å². The third kappa shape index (κ3) is 4.46. The molecule has 1 N–H and O–H groups in total. The summed E-state index contributed by atoms with van der Waals surface area (Å²) in [5.74, 6) is -0.377. The number of rotatable bonds is 7. The summed E-state index contributed by atoms with van der Waals surface area (Å²) in [5, 5.41) is 4.43. The Morgan fingerprint density at radius 3 is 2.54 bits per heavy atom. The third-order valence-corrected chi connectivity index (χ3v) is 4.67. The molecule has 7 heteroatoms. The van der Waals surface area contributed by atoms with Crippen molar-refractivity contribution in [2.45, 2.75) is 13.0 Å². The van der Waals surface area contributed by atoms with Crippen LogP contribution in [0.1, 0.15) is 6.92 Å². The molecule has 0 aromatic heterocycles. The second kappa shape index (κ2) is 7.63. The number of sulfonamides is 1. The highest BCUT2D eigenvalue weighted by molar-refractivity contribution is 7.92. The SMILES string of the molecule is COC[C@@H](C)NC(=O)CN(c1cccc2ccccc12)S(C)(=O)=O. The van der Waals surface area contributed by atoms with E-state index in [1.807, 2.05) is 30.3 Å². The van der Waals surface area contributed by atoms with Crippen LogP contribution in [0.2, 0.25) is 0 Å². The van der Waals surface area contributed by atoms with E-state index >= 15 is 0 Å². The van der Waals surface area contributed by atoms with Gasteiger partial charge >= 0.3 is 0 Å². The summed E-state index contributed by atoms with van der Waals surface area (Å²) in [5.41, 5.74) is 0.491. The molecule has 0 fully saturated rings. The standard InChI is InChI=1S/C17H22N2O4S/c1-13(12-23-2)18-17(20)11-19(24(3,21)22)16-10-6-8-14-7-4-5-9-15(14)16/h4-10,13H,11-12H2,1-3H3,(H,18,20)/t13-/m1/s1. The van der Waals surface area contributed by atoms with Crippen LogP contribution in [0, 0.1) is 0 Å². The summed E-state index contributed by atoms with van der Waals surface area (Å²) in [4.78, 5) is 12.2. The van der Waals surface area contributed by atoms with Crippen molar-refractivity contribution < 1.29 is 17.9 Å². The number of ether oxygens (including phenoxy) is 1. The van der Waals surface area contributed by atoms with E-state index in [0.29, 0.717) is 12.3 Å². The predicted octanol–water partition coefficient (Wildman–Crippen LogP) is 1.76. The maximum Gasteiger partial charge on any atom is 0.241 e. The molecule has 0 saturated carbocycles. The third-order valence-electron chi connectivity index (χ3n) is 3.55. The zero-order chi connectivity index (χ0) is 17.7. The van der Waals surface area contributed by atoms with Crippen LogP contribution in [-0.2, 0) is 19.6 Å². The fourth-order valence-corrected chi connectivity index (χ4v) is 3.42. The monoisotopic (exact) mass is 350 g/mol. The van der Waals surface area contributed by atoms with Crippen LogP contribution < -0.4 is 9.62 Å². The van der Waals surface area contributed by atoms with Gasteiger partial charge in [0.05, 0.1) is 18.6 Å². The molecule has 2 aromatic carbocycles. The average molecular weight is 350 g/mol. The second-order valence-electron chi connectivity index (χ2n) is 5.69. The Bertz CT molecular complexity index is 815. The summed E-state index contributed by atoms with van der Waals surface area (Å²) in [6.45, 7) is 1.88. The number of hydrogen-bond donors (Lipinski definition) is 1. The normalized spacial score (nSPS) is 12.8. The van der Waals surface area contributed by atoms with E-state index in [1.54, 1.807) is 26.2 Å². The van der Waals surface area contributed by atoms with E-state index < -0.39 is 10.0 Å². The molecule has 0 aliphatic carbocycles. The van der Waals surface area contributed by atoms with Crippen molar-refractivity contribution in [1.29, 1.82) is 0 Å². The van der Waals surface area contributed by atoms with Gasteiger partial charge in [-0.1, -0.05) is 36.4 Å². The Kier molecular flexibility index (Phi) is 5.80. The van der Waals surface area contributed by atoms with Crippen LogP contribution in [-0.4, -0.2) is 46.9 Å². The van der Waals surface area contributed by atoms with E-state index in [0.717, 1.165) is 21.3 Å². The Labute approximate surface area is 142 Å². The lowest BCUT2D eigenvalue weighted by molar-refractivity contribution is -0.120. The maximum atomic E-state index is 12.2. The first-order chi connectivity index (χ1) is 11.3. The van der Waals surface area contributed by atoms with E-state index in [-0.39, 0.29) is 18.5 Å². The number of methoxy groups -OCH3 is 1. The smallest absolute Gasteiger partial charge is 0.241 e. The van der Waals surface area contributed by atoms with Crippen LogP contribution in [0.3, 0.4) is 0 Å². The second-order valence-corrected chi connectivity index (χ2v) is 7.60. The maximum absolute atomic E-state index is 12.2. The van der Waals surface area contributed by atoms with E-state index in [1.165, 1.54) is 0 Å². The molecule has 0 saturated heterocycles. The minimum atomic E-state index is -3.61. The first-order valence-corrected chi connectivity index (χ1v) is 9.41. The number of hydrogen-bond acceptors (Lipinski definition) is 4. The number of nitrogens with zero attached hydrogens (tertiary/aromatic N) is 1. The van der Waals surface area contributed by atoms with Crippen LogP contribution in [0.15, 0.2) is 42.5 Å². The zero-order valence-electron chi connectivity index (χ0n) is 14.0. The van der Waals surface area contributed by atoms with Crippen molar-refractivity contribution >= 4 is 32.4 Å². The molecular weight excluding hydrogens is 328 g/mol. The van der Waals surface area contributed by atoms with Crippen molar-refractivity contribution in [3.8, 4) is 0 Å². The van der Waals surface area contributed by atoms with Crippen molar-refractivity contribution in [1.82, 2.24) is 5.32 Å². The molecule has 0 unspecified atom stereocenters. The molecule has 0 bridgehead atoms. The van der Waals surface area contributed by atoms with Crippen LogP contribution in [0.25, 0.3) is 10.8 Å². The highest BCUT2D eigenvalue weighted by atomic mass is 32.2. The fourth-order valence-electron chi connectivity index (χ4n) is 2.55. The molecule has 0 heterocycles. The van der Waals surface area contributed by atoms with Crippen molar-refractivity contribution in [2.24, 2.45) is 0 Å². The van der Waals surface area contributed by atoms with E-state index in [9.17, 15) is 13.2 Å². The minimum Gasteiger partial charge on any atom is -0.383 e. The van der Waals surface area contributed by atoms with Gasteiger partial charge in [-0.25, -0.2) is 8.42 Å². The van der Waals surface area contributed by atoms with Crippen LogP contribution >= 0.6 is 0 Å². The number of carbonyl (C=O) groups is 1. The lowest BCUT2D eigenvalue weighted by atomic mass is 10.1.